The van der Waals surface area contributed by atoms with E-state index in [0.717, 1.165) is 27.4 Å². The van der Waals surface area contributed by atoms with Crippen molar-refractivity contribution in [1.29, 1.82) is 0 Å². The lowest BCUT2D eigenvalue weighted by atomic mass is 10.1. The van der Waals surface area contributed by atoms with Gasteiger partial charge in [0.15, 0.2) is 11.7 Å². The average molecular weight is 290 g/mol. The van der Waals surface area contributed by atoms with E-state index in [2.05, 4.69) is 10.3 Å². The normalized spacial score (nSPS) is 10.4. The quantitative estimate of drug-likeness (QED) is 0.939. The maximum Gasteiger partial charge on any atom is 0.264 e. The first-order valence-corrected chi connectivity index (χ1v) is 7.22. The summed E-state index contributed by atoms with van der Waals surface area (Å²) in [7, 11) is 0. The number of hydrogen-bond donors (Lipinski definition) is 1. The van der Waals surface area contributed by atoms with E-state index in [1.54, 1.807) is 0 Å². The average Bonchev–Trinajstić information content (AvgIpc) is 2.67. The minimum absolute atomic E-state index is 0.0105. The second kappa shape index (κ2) is 6.05. The summed E-state index contributed by atoms with van der Waals surface area (Å²) in [6.07, 6.45) is 0. The highest BCUT2D eigenvalue weighted by Crippen LogP contribution is 2.23. The Morgan fingerprint density at radius 1 is 1.25 bits per heavy atom. The van der Waals surface area contributed by atoms with Crippen molar-refractivity contribution in [2.75, 3.05) is 11.9 Å². The van der Waals surface area contributed by atoms with E-state index in [1.165, 1.54) is 11.3 Å². The highest BCUT2D eigenvalue weighted by atomic mass is 32.1. The van der Waals surface area contributed by atoms with Gasteiger partial charge < -0.3 is 4.74 Å². The summed E-state index contributed by atoms with van der Waals surface area (Å²) >= 11 is 1.47. The van der Waals surface area contributed by atoms with Crippen molar-refractivity contribution < 1.29 is 9.53 Å². The van der Waals surface area contributed by atoms with E-state index >= 15 is 0 Å². The molecule has 0 spiro atoms. The number of rotatable bonds is 4. The molecule has 0 bridgehead atoms. The highest BCUT2D eigenvalue weighted by molar-refractivity contribution is 7.15. The minimum Gasteiger partial charge on any atom is -0.483 e. The number of carbonyl (C=O) groups excluding carboxylic acids is 1. The summed E-state index contributed by atoms with van der Waals surface area (Å²) in [5.74, 6) is 0.579. The van der Waals surface area contributed by atoms with E-state index in [4.69, 9.17) is 4.74 Å². The fourth-order valence-corrected chi connectivity index (χ4v) is 2.68. The standard InChI is InChI=1S/C15H18N2O2S/c1-9-6-5-7-10(2)14(9)19-8-13(18)17-15-16-11(3)12(4)20-15/h5-7H,8H2,1-4H3,(H,16,17,18). The van der Waals surface area contributed by atoms with Crippen LogP contribution in [0.25, 0.3) is 0 Å². The van der Waals surface area contributed by atoms with E-state index in [-0.39, 0.29) is 12.5 Å². The van der Waals surface area contributed by atoms with Gasteiger partial charge in [-0.2, -0.15) is 0 Å². The third-order valence-corrected chi connectivity index (χ3v) is 4.02. The summed E-state index contributed by atoms with van der Waals surface area (Å²) in [5, 5.41) is 3.38. The molecule has 0 atom stereocenters. The van der Waals surface area contributed by atoms with Gasteiger partial charge in [-0.3, -0.25) is 10.1 Å². The third kappa shape index (κ3) is 3.36. The summed E-state index contributed by atoms with van der Waals surface area (Å²) < 4.78 is 5.60. The SMILES string of the molecule is Cc1cccc(C)c1OCC(=O)Nc1nc(C)c(C)s1. The zero-order valence-electron chi connectivity index (χ0n) is 12.1. The topological polar surface area (TPSA) is 51.2 Å². The molecule has 1 amide bonds. The molecule has 1 aromatic heterocycles. The van der Waals surface area contributed by atoms with Gasteiger partial charge in [0.1, 0.15) is 5.75 Å². The number of ether oxygens (including phenoxy) is 1. The molecule has 0 fully saturated rings. The maximum atomic E-state index is 11.9. The van der Waals surface area contributed by atoms with Gasteiger partial charge in [-0.1, -0.05) is 18.2 Å². The monoisotopic (exact) mass is 290 g/mol. The molecule has 0 saturated carbocycles. The van der Waals surface area contributed by atoms with E-state index in [1.807, 2.05) is 45.9 Å². The van der Waals surface area contributed by atoms with Crippen LogP contribution in [-0.2, 0) is 4.79 Å². The van der Waals surface area contributed by atoms with Gasteiger partial charge in [0.25, 0.3) is 5.91 Å². The van der Waals surface area contributed by atoms with Crippen LogP contribution in [0.2, 0.25) is 0 Å². The van der Waals surface area contributed by atoms with Crippen molar-refractivity contribution in [3.8, 4) is 5.75 Å². The van der Waals surface area contributed by atoms with Crippen molar-refractivity contribution in [2.24, 2.45) is 0 Å². The highest BCUT2D eigenvalue weighted by Gasteiger charge is 2.10. The summed E-state index contributed by atoms with van der Waals surface area (Å²) in [6, 6.07) is 5.90. The molecule has 1 N–H and O–H groups in total. The molecule has 4 nitrogen and oxygen atoms in total. The van der Waals surface area contributed by atoms with E-state index in [9.17, 15) is 4.79 Å². The molecule has 1 aromatic carbocycles. The van der Waals surface area contributed by atoms with Crippen LogP contribution in [0.5, 0.6) is 5.75 Å². The number of para-hydroxylation sites is 1. The first-order valence-electron chi connectivity index (χ1n) is 6.40. The van der Waals surface area contributed by atoms with Crippen molar-refractivity contribution in [1.82, 2.24) is 4.98 Å². The number of hydrogen-bond acceptors (Lipinski definition) is 4. The molecule has 0 saturated heterocycles. The first kappa shape index (κ1) is 14.5. The Balaban J connectivity index is 1.95. The van der Waals surface area contributed by atoms with Gasteiger partial charge in [0, 0.05) is 4.88 Å². The van der Waals surface area contributed by atoms with Gasteiger partial charge >= 0.3 is 0 Å². The fourth-order valence-electron chi connectivity index (χ4n) is 1.85. The van der Waals surface area contributed by atoms with Gasteiger partial charge in [0.05, 0.1) is 5.69 Å². The lowest BCUT2D eigenvalue weighted by Gasteiger charge is -2.11. The Bertz CT molecular complexity index is 595. The molecule has 5 heteroatoms. The van der Waals surface area contributed by atoms with Gasteiger partial charge in [-0.25, -0.2) is 4.98 Å². The van der Waals surface area contributed by atoms with Crippen molar-refractivity contribution in [2.45, 2.75) is 27.7 Å². The molecular weight excluding hydrogens is 272 g/mol. The summed E-state index contributed by atoms with van der Waals surface area (Å²) in [5.41, 5.74) is 3.00. The summed E-state index contributed by atoms with van der Waals surface area (Å²) in [6.45, 7) is 7.83. The summed E-state index contributed by atoms with van der Waals surface area (Å²) in [4.78, 5) is 17.2. The van der Waals surface area contributed by atoms with Crippen LogP contribution in [0.15, 0.2) is 18.2 Å². The minimum atomic E-state index is -0.193. The van der Waals surface area contributed by atoms with Gasteiger partial charge in [-0.15, -0.1) is 11.3 Å². The Hall–Kier alpha value is -1.88. The Morgan fingerprint density at radius 2 is 1.90 bits per heavy atom. The number of thiazole rings is 1. The Kier molecular flexibility index (Phi) is 4.39. The molecule has 2 aromatic rings. The van der Waals surface area contributed by atoms with Crippen LogP contribution in [0, 0.1) is 27.7 Å². The zero-order chi connectivity index (χ0) is 14.7. The number of aryl methyl sites for hydroxylation is 4. The fraction of sp³-hybridized carbons (Fsp3) is 0.333. The van der Waals surface area contributed by atoms with Crippen LogP contribution < -0.4 is 10.1 Å². The number of nitrogens with zero attached hydrogens (tertiary/aromatic N) is 1. The van der Waals surface area contributed by atoms with E-state index in [0.29, 0.717) is 5.13 Å². The van der Waals surface area contributed by atoms with Crippen LogP contribution in [-0.4, -0.2) is 17.5 Å². The molecule has 0 aliphatic rings. The number of nitrogens with one attached hydrogen (secondary N) is 1. The third-order valence-electron chi connectivity index (χ3n) is 3.03. The number of amides is 1. The van der Waals surface area contributed by atoms with Gasteiger partial charge in [-0.05, 0) is 38.8 Å². The number of aromatic nitrogens is 1. The van der Waals surface area contributed by atoms with Crippen molar-refractivity contribution >= 4 is 22.4 Å². The smallest absolute Gasteiger partial charge is 0.264 e. The molecule has 20 heavy (non-hydrogen) atoms. The Labute approximate surface area is 122 Å². The number of anilines is 1. The second-order valence-corrected chi connectivity index (χ2v) is 5.92. The molecule has 0 unspecified atom stereocenters. The predicted molar refractivity (Wildman–Crippen MR) is 81.6 cm³/mol. The number of carbonyl (C=O) groups is 1. The molecule has 0 aliphatic heterocycles. The zero-order valence-corrected chi connectivity index (χ0v) is 12.9. The molecular formula is C15H18N2O2S. The second-order valence-electron chi connectivity index (χ2n) is 4.72. The lowest BCUT2D eigenvalue weighted by molar-refractivity contribution is -0.118. The molecule has 0 aliphatic carbocycles. The van der Waals surface area contributed by atoms with Crippen molar-refractivity contribution in [3.05, 3.63) is 39.9 Å². The molecule has 106 valence electrons. The van der Waals surface area contributed by atoms with Crippen LogP contribution in [0.3, 0.4) is 0 Å². The Morgan fingerprint density at radius 3 is 2.45 bits per heavy atom. The largest absolute Gasteiger partial charge is 0.483 e. The first-order chi connectivity index (χ1) is 9.47. The lowest BCUT2D eigenvalue weighted by Crippen LogP contribution is -2.20. The molecule has 2 rings (SSSR count). The van der Waals surface area contributed by atoms with Crippen LogP contribution in [0.1, 0.15) is 21.7 Å². The van der Waals surface area contributed by atoms with Crippen LogP contribution in [0.4, 0.5) is 5.13 Å². The molecule has 0 radical (unpaired) electrons. The van der Waals surface area contributed by atoms with Crippen LogP contribution >= 0.6 is 11.3 Å². The molecule has 1 heterocycles. The maximum absolute atomic E-state index is 11.9. The predicted octanol–water partition coefficient (Wildman–Crippen LogP) is 3.39. The van der Waals surface area contributed by atoms with Gasteiger partial charge in [0.2, 0.25) is 0 Å². The number of benzene rings is 1. The van der Waals surface area contributed by atoms with E-state index < -0.39 is 0 Å². The van der Waals surface area contributed by atoms with Crippen molar-refractivity contribution in [3.63, 3.8) is 0 Å².